The predicted molar refractivity (Wildman–Crippen MR) is 109 cm³/mol. The van der Waals surface area contributed by atoms with Gasteiger partial charge in [-0.15, -0.1) is 0 Å². The first-order valence-electron chi connectivity index (χ1n) is 10.1. The van der Waals surface area contributed by atoms with Gasteiger partial charge in [0.25, 0.3) is 5.91 Å². The number of alkyl halides is 1. The fourth-order valence-electron chi connectivity index (χ4n) is 3.89. The Hall–Kier alpha value is -2.47. The van der Waals surface area contributed by atoms with Crippen LogP contribution in [-0.4, -0.2) is 23.6 Å². The second-order valence-electron chi connectivity index (χ2n) is 7.87. The van der Waals surface area contributed by atoms with Gasteiger partial charge in [-0.3, -0.25) is 4.79 Å². The van der Waals surface area contributed by atoms with Crippen molar-refractivity contribution in [2.24, 2.45) is 5.92 Å². The van der Waals surface area contributed by atoms with Crippen molar-refractivity contribution in [2.75, 3.05) is 6.54 Å². The van der Waals surface area contributed by atoms with E-state index in [2.05, 4.69) is 10.6 Å². The van der Waals surface area contributed by atoms with Gasteiger partial charge in [-0.2, -0.15) is 0 Å². The van der Waals surface area contributed by atoms with Crippen LogP contribution >= 0.6 is 0 Å². The standard InChI is InChI=1S/C23H28F2N2O2/c1-15-3-2-4-18(22(15)28)14-26-21-7-5-16(6-8-21)13-27-23(29)19-9-17(12-24)10-20(25)11-19/h2-4,9-11,16,21,26,28H,5-8,12-14H2,1H3,(H,27,29). The summed E-state index contributed by atoms with van der Waals surface area (Å²) in [5.74, 6) is -0.242. The molecule has 1 fully saturated rings. The number of rotatable bonds is 7. The number of carbonyl (C=O) groups is 1. The van der Waals surface area contributed by atoms with E-state index in [0.717, 1.165) is 48.9 Å². The van der Waals surface area contributed by atoms with Crippen molar-refractivity contribution in [3.8, 4) is 5.75 Å². The molecule has 0 aromatic heterocycles. The molecule has 2 aromatic carbocycles. The molecule has 3 rings (SSSR count). The maximum Gasteiger partial charge on any atom is 0.251 e. The molecular weight excluding hydrogens is 374 g/mol. The minimum absolute atomic E-state index is 0.158. The highest BCUT2D eigenvalue weighted by atomic mass is 19.1. The molecule has 2 aromatic rings. The molecule has 0 unspecified atom stereocenters. The van der Waals surface area contributed by atoms with Gasteiger partial charge in [0.15, 0.2) is 0 Å². The Bertz CT molecular complexity index is 849. The first kappa shape index (κ1) is 21.2. The van der Waals surface area contributed by atoms with Crippen LogP contribution in [0.5, 0.6) is 5.75 Å². The summed E-state index contributed by atoms with van der Waals surface area (Å²) in [5, 5.41) is 16.5. The van der Waals surface area contributed by atoms with E-state index in [0.29, 0.717) is 30.8 Å². The second-order valence-corrected chi connectivity index (χ2v) is 7.87. The van der Waals surface area contributed by atoms with E-state index in [1.807, 2.05) is 25.1 Å². The van der Waals surface area contributed by atoms with Crippen LogP contribution in [0, 0.1) is 18.7 Å². The van der Waals surface area contributed by atoms with Crippen molar-refractivity contribution in [3.63, 3.8) is 0 Å². The summed E-state index contributed by atoms with van der Waals surface area (Å²) in [6.07, 6.45) is 3.96. The van der Waals surface area contributed by atoms with E-state index in [9.17, 15) is 18.7 Å². The predicted octanol–water partition coefficient (Wildman–Crippen LogP) is 4.39. The maximum absolute atomic E-state index is 13.5. The van der Waals surface area contributed by atoms with E-state index in [1.54, 1.807) is 0 Å². The molecule has 1 saturated carbocycles. The number of hydrogen-bond acceptors (Lipinski definition) is 3. The van der Waals surface area contributed by atoms with Crippen LogP contribution < -0.4 is 10.6 Å². The van der Waals surface area contributed by atoms with Crippen LogP contribution in [-0.2, 0) is 13.2 Å². The quantitative estimate of drug-likeness (QED) is 0.644. The highest BCUT2D eigenvalue weighted by Gasteiger charge is 2.22. The third-order valence-electron chi connectivity index (χ3n) is 5.67. The average Bonchev–Trinajstić information content (AvgIpc) is 2.73. The summed E-state index contributed by atoms with van der Waals surface area (Å²) in [7, 11) is 0. The monoisotopic (exact) mass is 402 g/mol. The normalized spacial score (nSPS) is 19.1. The topological polar surface area (TPSA) is 61.4 Å². The highest BCUT2D eigenvalue weighted by Crippen LogP contribution is 2.26. The van der Waals surface area contributed by atoms with Crippen LogP contribution in [0.4, 0.5) is 8.78 Å². The van der Waals surface area contributed by atoms with Crippen LogP contribution in [0.1, 0.15) is 52.7 Å². The number of benzene rings is 2. The Morgan fingerprint density at radius 3 is 2.66 bits per heavy atom. The number of aromatic hydroxyl groups is 1. The highest BCUT2D eigenvalue weighted by molar-refractivity contribution is 5.94. The summed E-state index contributed by atoms with van der Waals surface area (Å²) in [6.45, 7) is 2.26. The van der Waals surface area contributed by atoms with Gasteiger partial charge in [0, 0.05) is 30.3 Å². The van der Waals surface area contributed by atoms with E-state index in [1.165, 1.54) is 6.07 Å². The maximum atomic E-state index is 13.5. The molecule has 29 heavy (non-hydrogen) atoms. The molecule has 0 saturated heterocycles. The van der Waals surface area contributed by atoms with Crippen molar-refractivity contribution in [1.29, 1.82) is 0 Å². The number of nitrogens with one attached hydrogen (secondary N) is 2. The van der Waals surface area contributed by atoms with Gasteiger partial charge >= 0.3 is 0 Å². The zero-order chi connectivity index (χ0) is 20.8. The number of hydrogen-bond donors (Lipinski definition) is 3. The average molecular weight is 402 g/mol. The first-order valence-corrected chi connectivity index (χ1v) is 10.1. The smallest absolute Gasteiger partial charge is 0.251 e. The van der Waals surface area contributed by atoms with E-state index < -0.39 is 12.5 Å². The van der Waals surface area contributed by atoms with E-state index in [4.69, 9.17) is 0 Å². The number of halogens is 2. The van der Waals surface area contributed by atoms with Crippen LogP contribution in [0.15, 0.2) is 36.4 Å². The van der Waals surface area contributed by atoms with Gasteiger partial charge in [-0.1, -0.05) is 18.2 Å². The zero-order valence-electron chi connectivity index (χ0n) is 16.7. The molecule has 1 aliphatic carbocycles. The summed E-state index contributed by atoms with van der Waals surface area (Å²) >= 11 is 0. The van der Waals surface area contributed by atoms with Gasteiger partial charge in [0.1, 0.15) is 18.2 Å². The fourth-order valence-corrected chi connectivity index (χ4v) is 3.89. The molecule has 0 spiro atoms. The lowest BCUT2D eigenvalue weighted by atomic mass is 9.86. The summed E-state index contributed by atoms with van der Waals surface area (Å²) in [4.78, 5) is 12.3. The van der Waals surface area contributed by atoms with Crippen molar-refractivity contribution in [3.05, 3.63) is 64.5 Å². The molecule has 0 heterocycles. The molecule has 1 amide bonds. The van der Waals surface area contributed by atoms with Crippen molar-refractivity contribution in [1.82, 2.24) is 10.6 Å². The molecule has 1 aliphatic rings. The number of amides is 1. The van der Waals surface area contributed by atoms with Crippen molar-refractivity contribution >= 4 is 5.91 Å². The SMILES string of the molecule is Cc1cccc(CNC2CCC(CNC(=O)c3cc(F)cc(CF)c3)CC2)c1O. The van der Waals surface area contributed by atoms with Crippen LogP contribution in [0.25, 0.3) is 0 Å². The van der Waals surface area contributed by atoms with Crippen LogP contribution in [0.2, 0.25) is 0 Å². The lowest BCUT2D eigenvalue weighted by Crippen LogP contribution is -2.36. The van der Waals surface area contributed by atoms with Gasteiger partial charge < -0.3 is 15.7 Å². The van der Waals surface area contributed by atoms with Crippen molar-refractivity contribution < 1.29 is 18.7 Å². The summed E-state index contributed by atoms with van der Waals surface area (Å²) in [5.41, 5.74) is 2.11. The fraction of sp³-hybridized carbons (Fsp3) is 0.435. The van der Waals surface area contributed by atoms with Crippen molar-refractivity contribution in [2.45, 2.75) is 51.9 Å². The molecule has 0 aliphatic heterocycles. The number of para-hydroxylation sites is 1. The Kier molecular flexibility index (Phi) is 7.20. The van der Waals surface area contributed by atoms with Gasteiger partial charge in [-0.05, 0) is 67.9 Å². The Morgan fingerprint density at radius 1 is 1.17 bits per heavy atom. The molecule has 0 radical (unpaired) electrons. The number of carbonyl (C=O) groups excluding carboxylic acids is 1. The number of phenols is 1. The minimum Gasteiger partial charge on any atom is -0.507 e. The second kappa shape index (κ2) is 9.83. The Morgan fingerprint density at radius 2 is 1.93 bits per heavy atom. The lowest BCUT2D eigenvalue weighted by Gasteiger charge is -2.29. The lowest BCUT2D eigenvalue weighted by molar-refractivity contribution is 0.0941. The largest absolute Gasteiger partial charge is 0.507 e. The Labute approximate surface area is 170 Å². The van der Waals surface area contributed by atoms with Crippen LogP contribution in [0.3, 0.4) is 0 Å². The van der Waals surface area contributed by atoms with E-state index in [-0.39, 0.29) is 17.0 Å². The van der Waals surface area contributed by atoms with Gasteiger partial charge in [0.2, 0.25) is 0 Å². The third-order valence-corrected chi connectivity index (χ3v) is 5.67. The number of phenolic OH excluding ortho intramolecular Hbond substituents is 1. The molecule has 156 valence electrons. The molecule has 3 N–H and O–H groups in total. The Balaban J connectivity index is 1.42. The van der Waals surface area contributed by atoms with E-state index >= 15 is 0 Å². The van der Waals surface area contributed by atoms with Gasteiger partial charge in [0.05, 0.1) is 0 Å². The molecule has 6 heteroatoms. The molecule has 0 atom stereocenters. The third kappa shape index (κ3) is 5.76. The first-order chi connectivity index (χ1) is 14.0. The molecular formula is C23H28F2N2O2. The zero-order valence-corrected chi connectivity index (χ0v) is 16.7. The summed E-state index contributed by atoms with van der Waals surface area (Å²) < 4.78 is 26.2. The van der Waals surface area contributed by atoms with Gasteiger partial charge in [-0.25, -0.2) is 8.78 Å². The molecule has 4 nitrogen and oxygen atoms in total. The molecule has 0 bridgehead atoms. The minimum atomic E-state index is -0.796. The number of aryl methyl sites for hydroxylation is 1. The summed E-state index contributed by atoms with van der Waals surface area (Å²) in [6, 6.07) is 9.77.